The number of imidazole rings is 1. The molecule has 0 fully saturated rings. The second kappa shape index (κ2) is 11.2. The highest BCUT2D eigenvalue weighted by Gasteiger charge is 2.19. The number of nitrogens with one attached hydrogen (secondary N) is 4. The Kier molecular flexibility index (Phi) is 7.59. The quantitative estimate of drug-likeness (QED) is 0.290. The summed E-state index contributed by atoms with van der Waals surface area (Å²) in [7, 11) is 0. The number of aliphatic imine (C=N–C) groups is 1. The molecule has 3 aromatic rings. The number of hydrogen-bond acceptors (Lipinski definition) is 7. The summed E-state index contributed by atoms with van der Waals surface area (Å²) in [5, 5.41) is 18.4. The van der Waals surface area contributed by atoms with Crippen LogP contribution in [0.1, 0.15) is 24.8 Å². The molecule has 2 heterocycles. The second-order valence-corrected chi connectivity index (χ2v) is 8.00. The maximum Gasteiger partial charge on any atom is 0.326 e. The Morgan fingerprint density at radius 3 is 2.71 bits per heavy atom. The third-order valence-electron chi connectivity index (χ3n) is 5.33. The lowest BCUT2D eigenvalue weighted by atomic mass is 10.1. The lowest BCUT2D eigenvalue weighted by Gasteiger charge is -2.15. The van der Waals surface area contributed by atoms with E-state index < -0.39 is 12.0 Å². The molecule has 0 bridgehead atoms. The van der Waals surface area contributed by atoms with Crippen LogP contribution < -0.4 is 20.7 Å². The van der Waals surface area contributed by atoms with E-state index in [4.69, 9.17) is 4.74 Å². The van der Waals surface area contributed by atoms with Gasteiger partial charge in [-0.1, -0.05) is 24.3 Å². The smallest absolute Gasteiger partial charge is 0.326 e. The van der Waals surface area contributed by atoms with Gasteiger partial charge in [-0.25, -0.2) is 9.78 Å². The van der Waals surface area contributed by atoms with Crippen LogP contribution in [0.2, 0.25) is 0 Å². The number of H-pyrrole nitrogens is 1. The number of carbonyl (C=O) groups excluding carboxylic acids is 1. The SMILES string of the molecule is O=C(CCCOc1ccc(CC(Nc2nc3ccccc3[nH]2)C(=O)O)cc1)NC1=NCCCN1. The zero-order chi connectivity index (χ0) is 23.8. The highest BCUT2D eigenvalue weighted by Crippen LogP contribution is 2.17. The van der Waals surface area contributed by atoms with E-state index in [-0.39, 0.29) is 12.3 Å². The third-order valence-corrected chi connectivity index (χ3v) is 5.33. The summed E-state index contributed by atoms with van der Waals surface area (Å²) in [5.41, 5.74) is 2.46. The van der Waals surface area contributed by atoms with Gasteiger partial charge in [-0.15, -0.1) is 0 Å². The zero-order valence-electron chi connectivity index (χ0n) is 18.7. The number of aromatic nitrogens is 2. The fourth-order valence-corrected chi connectivity index (χ4v) is 3.58. The number of carboxylic acids is 1. The standard InChI is InChI=1S/C24H28N6O4/c31-21(30-23-25-12-4-13-26-23)7-3-14-34-17-10-8-16(9-11-17)15-20(22(32)33)29-24-27-18-5-1-2-6-19(18)28-24/h1-2,5-6,8-11,20H,3-4,7,12-15H2,(H,32,33)(H2,27,28,29)(H2,25,26,30,31). The number of para-hydroxylation sites is 2. The monoisotopic (exact) mass is 464 g/mol. The summed E-state index contributed by atoms with van der Waals surface area (Å²) in [6.45, 7) is 1.95. The maximum atomic E-state index is 12.0. The fraction of sp³-hybridized carbons (Fsp3) is 0.333. The van der Waals surface area contributed by atoms with Gasteiger partial charge in [0.15, 0.2) is 5.96 Å². The van der Waals surface area contributed by atoms with Gasteiger partial charge in [-0.05, 0) is 42.7 Å². The molecule has 4 rings (SSSR count). The van der Waals surface area contributed by atoms with Crippen molar-refractivity contribution in [3.63, 3.8) is 0 Å². The van der Waals surface area contributed by atoms with Crippen molar-refractivity contribution in [1.82, 2.24) is 20.6 Å². The summed E-state index contributed by atoms with van der Waals surface area (Å²) >= 11 is 0. The third kappa shape index (κ3) is 6.47. The van der Waals surface area contributed by atoms with E-state index in [0.29, 0.717) is 37.1 Å². The molecule has 0 saturated carbocycles. The number of ether oxygens (including phenoxy) is 1. The predicted octanol–water partition coefficient (Wildman–Crippen LogP) is 2.30. The van der Waals surface area contributed by atoms with E-state index in [1.807, 2.05) is 36.4 Å². The molecule has 0 spiro atoms. The lowest BCUT2D eigenvalue weighted by Crippen LogP contribution is -2.43. The first-order valence-electron chi connectivity index (χ1n) is 11.3. The summed E-state index contributed by atoms with van der Waals surface area (Å²) in [6, 6.07) is 14.0. The maximum absolute atomic E-state index is 12.0. The van der Waals surface area contributed by atoms with E-state index in [2.05, 4.69) is 30.9 Å². The molecule has 0 saturated heterocycles. The topological polar surface area (TPSA) is 141 Å². The van der Waals surface area contributed by atoms with Crippen LogP contribution in [0, 0.1) is 0 Å². The first kappa shape index (κ1) is 23.1. The van der Waals surface area contributed by atoms with Gasteiger partial charge in [0.05, 0.1) is 17.6 Å². The minimum absolute atomic E-state index is 0.0937. The summed E-state index contributed by atoms with van der Waals surface area (Å²) in [6.07, 6.45) is 2.17. The molecule has 2 aromatic carbocycles. The zero-order valence-corrected chi connectivity index (χ0v) is 18.7. The van der Waals surface area contributed by atoms with Crippen LogP contribution in [0.3, 0.4) is 0 Å². The van der Waals surface area contributed by atoms with E-state index in [0.717, 1.165) is 36.1 Å². The number of rotatable bonds is 10. The fourth-order valence-electron chi connectivity index (χ4n) is 3.58. The summed E-state index contributed by atoms with van der Waals surface area (Å²) < 4.78 is 5.71. The first-order valence-corrected chi connectivity index (χ1v) is 11.3. The number of aliphatic carboxylic acids is 1. The molecular formula is C24H28N6O4. The Labute approximate surface area is 196 Å². The largest absolute Gasteiger partial charge is 0.494 e. The van der Waals surface area contributed by atoms with Crippen LogP contribution in [-0.4, -0.2) is 58.6 Å². The van der Waals surface area contributed by atoms with Gasteiger partial charge in [0, 0.05) is 25.9 Å². The molecular weight excluding hydrogens is 436 g/mol. The summed E-state index contributed by atoms with van der Waals surface area (Å²) in [5.74, 6) is 0.572. The molecule has 1 unspecified atom stereocenters. The molecule has 1 atom stereocenters. The highest BCUT2D eigenvalue weighted by atomic mass is 16.5. The average molecular weight is 465 g/mol. The van der Waals surface area contributed by atoms with E-state index in [9.17, 15) is 14.7 Å². The number of anilines is 1. The van der Waals surface area contributed by atoms with Crippen LogP contribution in [0.25, 0.3) is 11.0 Å². The normalized spacial score (nSPS) is 14.1. The Hall–Kier alpha value is -4.08. The molecule has 178 valence electrons. The first-order chi connectivity index (χ1) is 16.6. The molecule has 0 radical (unpaired) electrons. The van der Waals surface area contributed by atoms with Crippen LogP contribution >= 0.6 is 0 Å². The van der Waals surface area contributed by atoms with Crippen molar-refractivity contribution in [2.24, 2.45) is 4.99 Å². The minimum Gasteiger partial charge on any atom is -0.494 e. The lowest BCUT2D eigenvalue weighted by molar-refractivity contribution is -0.137. The molecule has 10 heteroatoms. The van der Waals surface area contributed by atoms with Crippen molar-refractivity contribution in [3.05, 3.63) is 54.1 Å². The van der Waals surface area contributed by atoms with Crippen molar-refractivity contribution in [2.45, 2.75) is 31.7 Å². The number of carboxylic acid groups (broad SMARTS) is 1. The number of amides is 1. The van der Waals surface area contributed by atoms with Crippen molar-refractivity contribution in [3.8, 4) is 5.75 Å². The van der Waals surface area contributed by atoms with Crippen molar-refractivity contribution in [1.29, 1.82) is 0 Å². The van der Waals surface area contributed by atoms with Crippen LogP contribution in [-0.2, 0) is 16.0 Å². The second-order valence-electron chi connectivity index (χ2n) is 8.00. The number of hydrogen-bond donors (Lipinski definition) is 5. The van der Waals surface area contributed by atoms with Gasteiger partial charge in [-0.2, -0.15) is 0 Å². The van der Waals surface area contributed by atoms with E-state index >= 15 is 0 Å². The molecule has 34 heavy (non-hydrogen) atoms. The van der Waals surface area contributed by atoms with Gasteiger partial charge in [0.25, 0.3) is 0 Å². The summed E-state index contributed by atoms with van der Waals surface area (Å²) in [4.78, 5) is 35.4. The molecule has 5 N–H and O–H groups in total. The number of benzene rings is 2. The van der Waals surface area contributed by atoms with Gasteiger partial charge >= 0.3 is 5.97 Å². The Morgan fingerprint density at radius 1 is 1.15 bits per heavy atom. The van der Waals surface area contributed by atoms with Crippen molar-refractivity contribution >= 4 is 34.8 Å². The highest BCUT2D eigenvalue weighted by molar-refractivity contribution is 5.97. The Bertz CT molecular complexity index is 1120. The predicted molar refractivity (Wildman–Crippen MR) is 129 cm³/mol. The molecule has 1 aliphatic heterocycles. The van der Waals surface area contributed by atoms with Crippen molar-refractivity contribution in [2.75, 3.05) is 25.0 Å². The Balaban J connectivity index is 1.23. The molecule has 1 aliphatic rings. The molecule has 1 amide bonds. The van der Waals surface area contributed by atoms with Crippen LogP contribution in [0.4, 0.5) is 5.95 Å². The van der Waals surface area contributed by atoms with Crippen molar-refractivity contribution < 1.29 is 19.4 Å². The minimum atomic E-state index is -0.964. The molecule has 0 aliphatic carbocycles. The van der Waals surface area contributed by atoms with Gasteiger partial charge in [0.1, 0.15) is 11.8 Å². The van der Waals surface area contributed by atoms with Gasteiger partial charge in [-0.3, -0.25) is 15.1 Å². The number of fused-ring (bicyclic) bond motifs is 1. The number of carbonyl (C=O) groups is 2. The van der Waals surface area contributed by atoms with Crippen LogP contribution in [0.15, 0.2) is 53.5 Å². The molecule has 10 nitrogen and oxygen atoms in total. The van der Waals surface area contributed by atoms with E-state index in [1.54, 1.807) is 12.1 Å². The molecule has 1 aromatic heterocycles. The van der Waals surface area contributed by atoms with Crippen LogP contribution in [0.5, 0.6) is 5.75 Å². The average Bonchev–Trinajstić information content (AvgIpc) is 3.25. The Morgan fingerprint density at radius 2 is 1.97 bits per heavy atom. The van der Waals surface area contributed by atoms with Gasteiger partial charge in [0.2, 0.25) is 11.9 Å². The number of guanidine groups is 1. The number of aromatic amines is 1. The van der Waals surface area contributed by atoms with Gasteiger partial charge < -0.3 is 25.5 Å². The number of nitrogens with zero attached hydrogens (tertiary/aromatic N) is 2. The van der Waals surface area contributed by atoms with E-state index in [1.165, 1.54) is 0 Å².